The number of nitrogens with zero attached hydrogens (tertiary/aromatic N) is 1. The summed E-state index contributed by atoms with van der Waals surface area (Å²) in [6.45, 7) is 0. The van der Waals surface area contributed by atoms with Gasteiger partial charge in [0.05, 0.1) is 29.6 Å². The van der Waals surface area contributed by atoms with Crippen molar-refractivity contribution < 1.29 is 13.9 Å². The van der Waals surface area contributed by atoms with E-state index in [0.717, 1.165) is 0 Å². The van der Waals surface area contributed by atoms with Crippen molar-refractivity contribution >= 4 is 34.8 Å². The Balaban J connectivity index is 2.29. The molecule has 2 rings (SSSR count). The van der Waals surface area contributed by atoms with Crippen molar-refractivity contribution in [3.63, 3.8) is 0 Å². The summed E-state index contributed by atoms with van der Waals surface area (Å²) in [5, 5.41) is 2.87. The molecule has 0 saturated heterocycles. The molecule has 0 saturated carbocycles. The fourth-order valence-corrected chi connectivity index (χ4v) is 1.66. The zero-order valence-corrected chi connectivity index (χ0v) is 11.2. The summed E-state index contributed by atoms with van der Waals surface area (Å²) in [6, 6.07) is 5.64. The number of carbonyl (C=O) groups excluding carboxylic acids is 1. The number of nitrogens with two attached hydrogens (primary N) is 1. The lowest BCUT2D eigenvalue weighted by Gasteiger charge is -2.09. The highest BCUT2D eigenvalue weighted by Gasteiger charge is 2.12. The number of hydrogen-bond donors (Lipinski definition) is 2. The predicted molar refractivity (Wildman–Crippen MR) is 74.7 cm³/mol. The van der Waals surface area contributed by atoms with Crippen LogP contribution in [0.15, 0.2) is 30.5 Å². The van der Waals surface area contributed by atoms with E-state index >= 15 is 0 Å². The van der Waals surface area contributed by atoms with Crippen LogP contribution in [0, 0.1) is 5.82 Å². The maximum absolute atomic E-state index is 13.3. The largest absolute Gasteiger partial charge is 0.465 e. The van der Waals surface area contributed by atoms with E-state index in [0.29, 0.717) is 11.5 Å². The minimum Gasteiger partial charge on any atom is -0.465 e. The van der Waals surface area contributed by atoms with Crippen LogP contribution in [0.5, 0.6) is 0 Å². The molecule has 0 unspecified atom stereocenters. The van der Waals surface area contributed by atoms with E-state index in [9.17, 15) is 9.18 Å². The van der Waals surface area contributed by atoms with Crippen molar-refractivity contribution in [1.82, 2.24) is 4.98 Å². The molecule has 0 radical (unpaired) electrons. The van der Waals surface area contributed by atoms with Gasteiger partial charge in [0.25, 0.3) is 0 Å². The average molecular weight is 296 g/mol. The predicted octanol–water partition coefficient (Wildman–Crippen LogP) is 2.99. The molecule has 7 heteroatoms. The van der Waals surface area contributed by atoms with Gasteiger partial charge in [-0.1, -0.05) is 11.6 Å². The summed E-state index contributed by atoms with van der Waals surface area (Å²) in [4.78, 5) is 15.5. The van der Waals surface area contributed by atoms with Crippen LogP contribution in [-0.4, -0.2) is 18.1 Å². The molecule has 3 N–H and O–H groups in total. The molecule has 0 spiro atoms. The van der Waals surface area contributed by atoms with Crippen LogP contribution in [0.25, 0.3) is 0 Å². The van der Waals surface area contributed by atoms with Crippen molar-refractivity contribution in [2.45, 2.75) is 0 Å². The Morgan fingerprint density at radius 2 is 2.20 bits per heavy atom. The Bertz CT molecular complexity index is 664. The smallest absolute Gasteiger partial charge is 0.340 e. The highest BCUT2D eigenvalue weighted by Crippen LogP contribution is 2.23. The summed E-state index contributed by atoms with van der Waals surface area (Å²) in [7, 11) is 1.25. The molecular formula is C13H11ClFN3O2. The minimum atomic E-state index is -0.574. The third kappa shape index (κ3) is 2.97. The number of rotatable bonds is 3. The van der Waals surface area contributed by atoms with E-state index in [-0.39, 0.29) is 16.3 Å². The molecular weight excluding hydrogens is 285 g/mol. The van der Waals surface area contributed by atoms with Gasteiger partial charge in [-0.3, -0.25) is 0 Å². The van der Waals surface area contributed by atoms with Crippen molar-refractivity contribution in [3.05, 3.63) is 46.9 Å². The first kappa shape index (κ1) is 14.1. The van der Waals surface area contributed by atoms with Crippen LogP contribution in [0.2, 0.25) is 5.02 Å². The Labute approximate surface area is 119 Å². The van der Waals surface area contributed by atoms with Crippen LogP contribution < -0.4 is 11.1 Å². The fraction of sp³-hybridized carbons (Fsp3) is 0.0769. The Hall–Kier alpha value is -2.34. The summed E-state index contributed by atoms with van der Waals surface area (Å²) >= 11 is 5.59. The van der Waals surface area contributed by atoms with Crippen LogP contribution >= 0.6 is 11.6 Å². The normalized spacial score (nSPS) is 10.2. The van der Waals surface area contributed by atoms with Crippen LogP contribution in [0.1, 0.15) is 10.4 Å². The van der Waals surface area contributed by atoms with E-state index in [1.54, 1.807) is 6.07 Å². The van der Waals surface area contributed by atoms with Gasteiger partial charge in [-0.15, -0.1) is 0 Å². The van der Waals surface area contributed by atoms with Gasteiger partial charge in [-0.05, 0) is 24.3 Å². The standard InChI is InChI=1S/C13H11ClFN3O2/c1-20-13(19)8-5-12(17-6-11(8)16)18-7-2-3-9(14)10(15)4-7/h2-6H,16H2,1H3,(H,17,18). The number of anilines is 3. The minimum absolute atomic E-state index is 0.0241. The number of methoxy groups -OCH3 is 1. The van der Waals surface area contributed by atoms with Crippen LogP contribution in [0.3, 0.4) is 0 Å². The van der Waals surface area contributed by atoms with Gasteiger partial charge in [-0.25, -0.2) is 14.2 Å². The maximum atomic E-state index is 13.3. The van der Waals surface area contributed by atoms with Gasteiger partial charge in [0, 0.05) is 5.69 Å². The van der Waals surface area contributed by atoms with E-state index in [2.05, 4.69) is 15.0 Å². The Morgan fingerprint density at radius 3 is 2.85 bits per heavy atom. The molecule has 0 aliphatic carbocycles. The fourth-order valence-electron chi connectivity index (χ4n) is 1.54. The molecule has 1 aromatic carbocycles. The zero-order chi connectivity index (χ0) is 14.7. The summed E-state index contributed by atoms with van der Waals surface area (Å²) < 4.78 is 17.9. The lowest BCUT2D eigenvalue weighted by Crippen LogP contribution is -2.07. The number of nitrogens with one attached hydrogen (secondary N) is 1. The Morgan fingerprint density at radius 1 is 1.45 bits per heavy atom. The van der Waals surface area contributed by atoms with E-state index in [1.165, 1.54) is 31.5 Å². The summed E-state index contributed by atoms with van der Waals surface area (Å²) in [6.07, 6.45) is 1.32. The summed E-state index contributed by atoms with van der Waals surface area (Å²) in [5.41, 5.74) is 6.46. The number of hydrogen-bond acceptors (Lipinski definition) is 5. The third-order valence-electron chi connectivity index (χ3n) is 2.53. The molecule has 2 aromatic rings. The number of carbonyl (C=O) groups is 1. The molecule has 1 heterocycles. The molecule has 1 aromatic heterocycles. The zero-order valence-electron chi connectivity index (χ0n) is 10.5. The second kappa shape index (κ2) is 5.75. The highest BCUT2D eigenvalue weighted by molar-refractivity contribution is 6.30. The molecule has 0 aliphatic heterocycles. The molecule has 0 amide bonds. The lowest BCUT2D eigenvalue weighted by molar-refractivity contribution is 0.0602. The monoisotopic (exact) mass is 295 g/mol. The highest BCUT2D eigenvalue weighted by atomic mass is 35.5. The number of esters is 1. The van der Waals surface area contributed by atoms with Crippen molar-refractivity contribution in [2.75, 3.05) is 18.2 Å². The third-order valence-corrected chi connectivity index (χ3v) is 2.84. The molecule has 0 fully saturated rings. The lowest BCUT2D eigenvalue weighted by atomic mass is 10.2. The van der Waals surface area contributed by atoms with Crippen molar-refractivity contribution in [1.29, 1.82) is 0 Å². The molecule has 0 bridgehead atoms. The SMILES string of the molecule is COC(=O)c1cc(Nc2ccc(Cl)c(F)c2)ncc1N. The van der Waals surface area contributed by atoms with Gasteiger partial charge in [-0.2, -0.15) is 0 Å². The maximum Gasteiger partial charge on any atom is 0.340 e. The molecule has 20 heavy (non-hydrogen) atoms. The van der Waals surface area contributed by atoms with Gasteiger partial charge in [0.2, 0.25) is 0 Å². The summed E-state index contributed by atoms with van der Waals surface area (Å²) in [5.74, 6) is -0.795. The second-order valence-corrected chi connectivity index (χ2v) is 4.31. The second-order valence-electron chi connectivity index (χ2n) is 3.90. The first-order valence-electron chi connectivity index (χ1n) is 5.57. The van der Waals surface area contributed by atoms with Gasteiger partial charge in [0.1, 0.15) is 11.6 Å². The number of pyridine rings is 1. The van der Waals surface area contributed by atoms with Gasteiger partial charge >= 0.3 is 5.97 Å². The van der Waals surface area contributed by atoms with Crippen molar-refractivity contribution in [2.24, 2.45) is 0 Å². The Kier molecular flexibility index (Phi) is 4.05. The number of ether oxygens (including phenoxy) is 1. The number of nitrogen functional groups attached to an aromatic ring is 1. The van der Waals surface area contributed by atoms with Crippen LogP contribution in [0.4, 0.5) is 21.6 Å². The number of halogens is 2. The molecule has 0 aliphatic rings. The molecule has 5 nitrogen and oxygen atoms in total. The molecule has 0 atom stereocenters. The van der Waals surface area contributed by atoms with E-state index < -0.39 is 11.8 Å². The first-order valence-corrected chi connectivity index (χ1v) is 5.95. The number of benzene rings is 1. The topological polar surface area (TPSA) is 77.2 Å². The molecule has 104 valence electrons. The first-order chi connectivity index (χ1) is 9.51. The van der Waals surface area contributed by atoms with E-state index in [4.69, 9.17) is 17.3 Å². The average Bonchev–Trinajstić information content (AvgIpc) is 2.44. The number of aromatic nitrogens is 1. The quantitative estimate of drug-likeness (QED) is 0.851. The van der Waals surface area contributed by atoms with Crippen LogP contribution in [-0.2, 0) is 4.74 Å². The van der Waals surface area contributed by atoms with E-state index in [1.807, 2.05) is 0 Å². The van der Waals surface area contributed by atoms with Gasteiger partial charge < -0.3 is 15.8 Å². The van der Waals surface area contributed by atoms with Gasteiger partial charge in [0.15, 0.2) is 0 Å². The van der Waals surface area contributed by atoms with Crippen molar-refractivity contribution in [3.8, 4) is 0 Å².